The SMILES string of the molecule is CCCc1c(CNC)oc2c(F)c(C)ccc12. The number of fused-ring (bicyclic) bond motifs is 1. The van der Waals surface area contributed by atoms with E-state index in [0.29, 0.717) is 17.7 Å². The summed E-state index contributed by atoms with van der Waals surface area (Å²) >= 11 is 0. The number of hydrogen-bond donors (Lipinski definition) is 1. The summed E-state index contributed by atoms with van der Waals surface area (Å²) in [5.41, 5.74) is 2.17. The molecule has 1 heterocycles. The van der Waals surface area contributed by atoms with Gasteiger partial charge in [0.15, 0.2) is 11.4 Å². The Hall–Kier alpha value is -1.35. The Morgan fingerprint density at radius 1 is 1.35 bits per heavy atom. The van der Waals surface area contributed by atoms with Crippen LogP contribution in [-0.4, -0.2) is 7.05 Å². The van der Waals surface area contributed by atoms with Crippen molar-refractivity contribution < 1.29 is 8.81 Å². The highest BCUT2D eigenvalue weighted by Crippen LogP contribution is 2.30. The number of hydrogen-bond acceptors (Lipinski definition) is 2. The number of furan rings is 1. The van der Waals surface area contributed by atoms with Crippen molar-refractivity contribution in [3.63, 3.8) is 0 Å². The van der Waals surface area contributed by atoms with Gasteiger partial charge >= 0.3 is 0 Å². The van der Waals surface area contributed by atoms with Crippen LogP contribution in [0.2, 0.25) is 0 Å². The van der Waals surface area contributed by atoms with E-state index in [2.05, 4.69) is 12.2 Å². The van der Waals surface area contributed by atoms with Crippen molar-refractivity contribution in [1.82, 2.24) is 5.32 Å². The smallest absolute Gasteiger partial charge is 0.170 e. The van der Waals surface area contributed by atoms with E-state index in [1.54, 1.807) is 6.92 Å². The van der Waals surface area contributed by atoms with Crippen molar-refractivity contribution in [1.29, 1.82) is 0 Å². The van der Waals surface area contributed by atoms with E-state index in [1.165, 1.54) is 0 Å². The fraction of sp³-hybridized carbons (Fsp3) is 0.429. The lowest BCUT2D eigenvalue weighted by molar-refractivity contribution is 0.500. The molecule has 0 radical (unpaired) electrons. The van der Waals surface area contributed by atoms with Gasteiger partial charge in [-0.15, -0.1) is 0 Å². The van der Waals surface area contributed by atoms with Crippen LogP contribution in [0.4, 0.5) is 4.39 Å². The lowest BCUT2D eigenvalue weighted by Gasteiger charge is -2.00. The molecule has 2 nitrogen and oxygen atoms in total. The first kappa shape index (κ1) is 12.1. The summed E-state index contributed by atoms with van der Waals surface area (Å²) in [5.74, 6) is 0.621. The zero-order valence-corrected chi connectivity index (χ0v) is 10.6. The van der Waals surface area contributed by atoms with Gasteiger partial charge in [0, 0.05) is 10.9 Å². The molecule has 0 aliphatic heterocycles. The van der Waals surface area contributed by atoms with Crippen LogP contribution >= 0.6 is 0 Å². The third kappa shape index (κ3) is 2.07. The molecule has 3 heteroatoms. The van der Waals surface area contributed by atoms with E-state index in [9.17, 15) is 4.39 Å². The van der Waals surface area contributed by atoms with Crippen LogP contribution in [-0.2, 0) is 13.0 Å². The summed E-state index contributed by atoms with van der Waals surface area (Å²) in [6.07, 6.45) is 1.95. The Morgan fingerprint density at radius 2 is 2.12 bits per heavy atom. The van der Waals surface area contributed by atoms with Crippen molar-refractivity contribution in [2.75, 3.05) is 7.05 Å². The van der Waals surface area contributed by atoms with Gasteiger partial charge in [-0.1, -0.05) is 25.5 Å². The molecule has 2 rings (SSSR count). The average molecular weight is 235 g/mol. The molecule has 0 bridgehead atoms. The van der Waals surface area contributed by atoms with Gasteiger partial charge in [0.2, 0.25) is 0 Å². The third-order valence-corrected chi connectivity index (χ3v) is 3.01. The molecule has 0 saturated heterocycles. The minimum absolute atomic E-state index is 0.234. The third-order valence-electron chi connectivity index (χ3n) is 3.01. The fourth-order valence-corrected chi connectivity index (χ4v) is 2.15. The van der Waals surface area contributed by atoms with Crippen molar-refractivity contribution in [2.45, 2.75) is 33.2 Å². The number of halogens is 1. The molecule has 2 aromatic rings. The maximum atomic E-state index is 14.0. The van der Waals surface area contributed by atoms with Crippen LogP contribution in [0.15, 0.2) is 16.5 Å². The molecule has 0 fully saturated rings. The first-order valence-electron chi connectivity index (χ1n) is 6.03. The second kappa shape index (κ2) is 4.88. The van der Waals surface area contributed by atoms with Crippen LogP contribution in [0.3, 0.4) is 0 Å². The highest BCUT2D eigenvalue weighted by molar-refractivity contribution is 5.83. The highest BCUT2D eigenvalue weighted by atomic mass is 19.1. The van der Waals surface area contributed by atoms with Gasteiger partial charge in [-0.3, -0.25) is 0 Å². The van der Waals surface area contributed by atoms with Gasteiger partial charge in [0.05, 0.1) is 6.54 Å². The van der Waals surface area contributed by atoms with Crippen molar-refractivity contribution >= 4 is 11.0 Å². The maximum absolute atomic E-state index is 14.0. The molecule has 0 spiro atoms. The van der Waals surface area contributed by atoms with Gasteiger partial charge < -0.3 is 9.73 Å². The fourth-order valence-electron chi connectivity index (χ4n) is 2.15. The van der Waals surface area contributed by atoms with Crippen LogP contribution in [0.25, 0.3) is 11.0 Å². The normalized spacial score (nSPS) is 11.3. The Balaban J connectivity index is 2.65. The van der Waals surface area contributed by atoms with Crippen molar-refractivity contribution in [3.8, 4) is 0 Å². The van der Waals surface area contributed by atoms with Gasteiger partial charge in [0.25, 0.3) is 0 Å². The molecule has 0 amide bonds. The van der Waals surface area contributed by atoms with Gasteiger partial charge in [-0.2, -0.15) is 0 Å². The first-order chi connectivity index (χ1) is 8.19. The van der Waals surface area contributed by atoms with Crippen molar-refractivity contribution in [3.05, 3.63) is 34.8 Å². The van der Waals surface area contributed by atoms with E-state index >= 15 is 0 Å². The summed E-state index contributed by atoms with van der Waals surface area (Å²) in [5, 5.41) is 3.98. The van der Waals surface area contributed by atoms with Crippen LogP contribution in [0.5, 0.6) is 0 Å². The quantitative estimate of drug-likeness (QED) is 0.876. The molecular weight excluding hydrogens is 217 g/mol. The van der Waals surface area contributed by atoms with Crippen LogP contribution < -0.4 is 5.32 Å². The lowest BCUT2D eigenvalue weighted by Crippen LogP contribution is -2.05. The summed E-state index contributed by atoms with van der Waals surface area (Å²) in [6.45, 7) is 4.52. The first-order valence-corrected chi connectivity index (χ1v) is 6.03. The monoisotopic (exact) mass is 235 g/mol. The molecule has 1 aromatic carbocycles. The Kier molecular flexibility index (Phi) is 3.48. The zero-order valence-electron chi connectivity index (χ0n) is 10.6. The van der Waals surface area contributed by atoms with Gasteiger partial charge in [-0.05, 0) is 26.0 Å². The second-order valence-corrected chi connectivity index (χ2v) is 4.36. The molecule has 0 unspecified atom stereocenters. The minimum Gasteiger partial charge on any atom is -0.456 e. The standard InChI is InChI=1S/C14H18FNO/c1-4-5-10-11-7-6-9(2)13(15)14(11)17-12(10)8-16-3/h6-7,16H,4-5,8H2,1-3H3. The van der Waals surface area contributed by atoms with E-state index in [0.717, 1.165) is 29.6 Å². The molecule has 1 N–H and O–H groups in total. The van der Waals surface area contributed by atoms with E-state index < -0.39 is 0 Å². The van der Waals surface area contributed by atoms with Crippen LogP contribution in [0.1, 0.15) is 30.2 Å². The summed E-state index contributed by atoms with van der Waals surface area (Å²) < 4.78 is 19.6. The molecule has 0 atom stereocenters. The number of benzene rings is 1. The molecule has 0 aliphatic carbocycles. The van der Waals surface area contributed by atoms with E-state index in [-0.39, 0.29) is 5.82 Å². The molecule has 0 aliphatic rings. The van der Waals surface area contributed by atoms with E-state index in [4.69, 9.17) is 4.42 Å². The largest absolute Gasteiger partial charge is 0.456 e. The number of rotatable bonds is 4. The van der Waals surface area contributed by atoms with Crippen LogP contribution in [0, 0.1) is 12.7 Å². The lowest BCUT2D eigenvalue weighted by atomic mass is 10.0. The van der Waals surface area contributed by atoms with Gasteiger partial charge in [0.1, 0.15) is 5.76 Å². The summed E-state index contributed by atoms with van der Waals surface area (Å²) in [7, 11) is 1.87. The summed E-state index contributed by atoms with van der Waals surface area (Å²) in [6, 6.07) is 3.77. The Morgan fingerprint density at radius 3 is 2.76 bits per heavy atom. The molecule has 1 aromatic heterocycles. The summed E-state index contributed by atoms with van der Waals surface area (Å²) in [4.78, 5) is 0. The zero-order chi connectivity index (χ0) is 12.4. The van der Waals surface area contributed by atoms with Gasteiger partial charge in [-0.25, -0.2) is 4.39 Å². The van der Waals surface area contributed by atoms with Crippen molar-refractivity contribution in [2.24, 2.45) is 0 Å². The number of aryl methyl sites for hydroxylation is 2. The second-order valence-electron chi connectivity index (χ2n) is 4.36. The predicted molar refractivity (Wildman–Crippen MR) is 67.7 cm³/mol. The molecule has 17 heavy (non-hydrogen) atoms. The maximum Gasteiger partial charge on any atom is 0.170 e. The van der Waals surface area contributed by atoms with E-state index in [1.807, 2.05) is 19.2 Å². The minimum atomic E-state index is -0.234. The highest BCUT2D eigenvalue weighted by Gasteiger charge is 2.16. The number of nitrogens with one attached hydrogen (secondary N) is 1. The topological polar surface area (TPSA) is 25.2 Å². The molecule has 0 saturated carbocycles. The average Bonchev–Trinajstić information content (AvgIpc) is 2.65. The predicted octanol–water partition coefficient (Wildman–Crippen LogP) is 3.55. The Labute approximate surface area is 101 Å². The molecule has 92 valence electrons. The molecular formula is C14H18FNO. The Bertz CT molecular complexity index is 530.